The van der Waals surface area contributed by atoms with Crippen LogP contribution >= 0.6 is 24.0 Å². The molecule has 0 aromatic carbocycles. The summed E-state index contributed by atoms with van der Waals surface area (Å²) in [5.74, 6) is 3.22. The average Bonchev–Trinajstić information content (AvgIpc) is 3.19. The molecule has 0 spiro atoms. The highest BCUT2D eigenvalue weighted by atomic mass is 127. The Hall–Kier alpha value is -0.860. The van der Waals surface area contributed by atoms with E-state index in [1.807, 2.05) is 6.92 Å². The predicted octanol–water partition coefficient (Wildman–Crippen LogP) is 3.45. The number of guanidine groups is 1. The fraction of sp³-hybridized carbons (Fsp3) is 0.824. The quantitative estimate of drug-likeness (QED) is 0.262. The van der Waals surface area contributed by atoms with Crippen molar-refractivity contribution in [2.75, 3.05) is 19.6 Å². The lowest BCUT2D eigenvalue weighted by Gasteiger charge is -2.11. The van der Waals surface area contributed by atoms with Crippen LogP contribution in [0.25, 0.3) is 0 Å². The van der Waals surface area contributed by atoms with E-state index in [2.05, 4.69) is 32.7 Å². The zero-order chi connectivity index (χ0) is 16.3. The summed E-state index contributed by atoms with van der Waals surface area (Å²) >= 11 is 0. The molecule has 1 fully saturated rings. The third-order valence-corrected chi connectivity index (χ3v) is 4.31. The molecule has 1 saturated carbocycles. The van der Waals surface area contributed by atoms with Crippen LogP contribution in [-0.2, 0) is 6.42 Å². The smallest absolute Gasteiger partial charge is 0.228 e. The van der Waals surface area contributed by atoms with Crippen molar-refractivity contribution < 1.29 is 4.52 Å². The van der Waals surface area contributed by atoms with Crippen molar-refractivity contribution in [3.05, 3.63) is 11.7 Å². The van der Waals surface area contributed by atoms with Crippen molar-refractivity contribution in [2.45, 2.75) is 65.2 Å². The highest BCUT2D eigenvalue weighted by molar-refractivity contribution is 14.0. The van der Waals surface area contributed by atoms with Crippen molar-refractivity contribution in [3.63, 3.8) is 0 Å². The molecule has 1 aliphatic carbocycles. The van der Waals surface area contributed by atoms with Gasteiger partial charge >= 0.3 is 0 Å². The Morgan fingerprint density at radius 3 is 2.71 bits per heavy atom. The van der Waals surface area contributed by atoms with E-state index < -0.39 is 0 Å². The van der Waals surface area contributed by atoms with Crippen molar-refractivity contribution in [3.8, 4) is 0 Å². The first-order valence-electron chi connectivity index (χ1n) is 9.09. The molecule has 0 unspecified atom stereocenters. The monoisotopic (exact) mass is 449 g/mol. The zero-order valence-electron chi connectivity index (χ0n) is 15.0. The van der Waals surface area contributed by atoms with Gasteiger partial charge in [0.15, 0.2) is 11.8 Å². The number of nitrogens with one attached hydrogen (secondary N) is 2. The summed E-state index contributed by atoms with van der Waals surface area (Å²) in [4.78, 5) is 8.84. The molecule has 1 aromatic heterocycles. The van der Waals surface area contributed by atoms with Crippen LogP contribution in [0, 0.1) is 12.8 Å². The van der Waals surface area contributed by atoms with E-state index in [1.165, 1.54) is 44.9 Å². The molecule has 0 aliphatic heterocycles. The van der Waals surface area contributed by atoms with Gasteiger partial charge in [-0.15, -0.1) is 24.0 Å². The van der Waals surface area contributed by atoms with Crippen LogP contribution in [0.15, 0.2) is 9.52 Å². The Morgan fingerprint density at radius 2 is 2.04 bits per heavy atom. The van der Waals surface area contributed by atoms with Gasteiger partial charge in [0.2, 0.25) is 5.89 Å². The molecule has 0 bridgehead atoms. The third-order valence-electron chi connectivity index (χ3n) is 4.31. The topological polar surface area (TPSA) is 75.3 Å². The van der Waals surface area contributed by atoms with E-state index in [4.69, 9.17) is 4.52 Å². The van der Waals surface area contributed by atoms with Gasteiger partial charge in [-0.05, 0) is 26.2 Å². The largest absolute Gasteiger partial charge is 0.357 e. The molecule has 0 radical (unpaired) electrons. The normalized spacial score (nSPS) is 15.3. The van der Waals surface area contributed by atoms with Gasteiger partial charge in [0.25, 0.3) is 0 Å². The van der Waals surface area contributed by atoms with Crippen LogP contribution in [0.2, 0.25) is 0 Å². The minimum Gasteiger partial charge on any atom is -0.357 e. The van der Waals surface area contributed by atoms with Crippen LogP contribution in [0.4, 0.5) is 0 Å². The molecule has 138 valence electrons. The molecule has 24 heavy (non-hydrogen) atoms. The van der Waals surface area contributed by atoms with E-state index in [9.17, 15) is 0 Å². The number of hydrogen-bond acceptors (Lipinski definition) is 4. The Labute approximate surface area is 162 Å². The van der Waals surface area contributed by atoms with E-state index in [0.29, 0.717) is 18.1 Å². The van der Waals surface area contributed by atoms with E-state index in [0.717, 1.165) is 31.5 Å². The first-order valence-corrected chi connectivity index (χ1v) is 9.09. The maximum absolute atomic E-state index is 5.11. The number of aryl methyl sites for hydroxylation is 1. The molecular formula is C17H32IN5O. The second-order valence-electron chi connectivity index (χ2n) is 6.32. The molecule has 0 amide bonds. The summed E-state index contributed by atoms with van der Waals surface area (Å²) < 4.78 is 5.11. The SMILES string of the molecule is CCNC(=NCCCCC1CCCC1)NCCc1nc(C)no1.I. The van der Waals surface area contributed by atoms with E-state index >= 15 is 0 Å². The number of unbranched alkanes of at least 4 members (excludes halogenated alkanes) is 1. The van der Waals surface area contributed by atoms with Gasteiger partial charge in [-0.3, -0.25) is 4.99 Å². The van der Waals surface area contributed by atoms with Gasteiger partial charge in [-0.1, -0.05) is 43.7 Å². The van der Waals surface area contributed by atoms with Crippen molar-refractivity contribution in [2.24, 2.45) is 10.9 Å². The van der Waals surface area contributed by atoms with Crippen molar-refractivity contribution in [1.29, 1.82) is 0 Å². The van der Waals surface area contributed by atoms with E-state index in [-0.39, 0.29) is 24.0 Å². The Morgan fingerprint density at radius 1 is 1.25 bits per heavy atom. The summed E-state index contributed by atoms with van der Waals surface area (Å²) in [5, 5.41) is 10.4. The highest BCUT2D eigenvalue weighted by Crippen LogP contribution is 2.28. The van der Waals surface area contributed by atoms with Crippen LogP contribution < -0.4 is 10.6 Å². The molecule has 7 heteroatoms. The standard InChI is InChI=1S/C17H31N5O.HI/c1-3-18-17(20-13-11-16-21-14(2)22-23-16)19-12-7-6-10-15-8-4-5-9-15;/h15H,3-13H2,1-2H3,(H2,18,19,20);1H. The number of rotatable bonds is 9. The maximum Gasteiger partial charge on any atom is 0.228 e. The minimum atomic E-state index is 0. The second kappa shape index (κ2) is 12.5. The van der Waals surface area contributed by atoms with Crippen LogP contribution in [0.1, 0.15) is 63.6 Å². The molecule has 0 saturated heterocycles. The second-order valence-corrected chi connectivity index (χ2v) is 6.32. The van der Waals surface area contributed by atoms with Gasteiger partial charge in [0.1, 0.15) is 0 Å². The van der Waals surface area contributed by atoms with Gasteiger partial charge in [-0.25, -0.2) is 0 Å². The fourth-order valence-electron chi connectivity index (χ4n) is 3.11. The Kier molecular flexibility index (Phi) is 11.0. The molecule has 1 aliphatic rings. The first kappa shape index (κ1) is 21.2. The molecule has 1 heterocycles. The predicted molar refractivity (Wildman–Crippen MR) is 108 cm³/mol. The lowest BCUT2D eigenvalue weighted by molar-refractivity contribution is 0.374. The summed E-state index contributed by atoms with van der Waals surface area (Å²) in [6, 6.07) is 0. The van der Waals surface area contributed by atoms with Gasteiger partial charge < -0.3 is 15.2 Å². The van der Waals surface area contributed by atoms with Crippen LogP contribution in [0.5, 0.6) is 0 Å². The molecule has 0 atom stereocenters. The summed E-state index contributed by atoms with van der Waals surface area (Å²) in [5.41, 5.74) is 0. The summed E-state index contributed by atoms with van der Waals surface area (Å²) in [6.45, 7) is 6.42. The Bertz CT molecular complexity index is 471. The molecule has 6 nitrogen and oxygen atoms in total. The first-order chi connectivity index (χ1) is 11.3. The molecular weight excluding hydrogens is 417 g/mol. The summed E-state index contributed by atoms with van der Waals surface area (Å²) in [7, 11) is 0. The van der Waals surface area contributed by atoms with Crippen molar-refractivity contribution >= 4 is 29.9 Å². The maximum atomic E-state index is 5.11. The molecule has 1 aromatic rings. The number of hydrogen-bond donors (Lipinski definition) is 2. The lowest BCUT2D eigenvalue weighted by atomic mass is 10.0. The zero-order valence-corrected chi connectivity index (χ0v) is 17.3. The van der Waals surface area contributed by atoms with Crippen molar-refractivity contribution in [1.82, 2.24) is 20.8 Å². The Balaban J connectivity index is 0.00000288. The number of nitrogens with zero attached hydrogens (tertiary/aromatic N) is 3. The van der Waals surface area contributed by atoms with Crippen LogP contribution in [-0.4, -0.2) is 35.7 Å². The number of aliphatic imine (C=N–C) groups is 1. The van der Waals surface area contributed by atoms with Gasteiger partial charge in [-0.2, -0.15) is 4.98 Å². The minimum absolute atomic E-state index is 0. The van der Waals surface area contributed by atoms with Gasteiger partial charge in [0.05, 0.1) is 0 Å². The summed E-state index contributed by atoms with van der Waals surface area (Å²) in [6.07, 6.45) is 10.4. The number of aromatic nitrogens is 2. The lowest BCUT2D eigenvalue weighted by Crippen LogP contribution is -2.38. The molecule has 2 rings (SSSR count). The number of halogens is 1. The highest BCUT2D eigenvalue weighted by Gasteiger charge is 2.13. The average molecular weight is 449 g/mol. The van der Waals surface area contributed by atoms with Crippen LogP contribution in [0.3, 0.4) is 0 Å². The fourth-order valence-corrected chi connectivity index (χ4v) is 3.11. The van der Waals surface area contributed by atoms with E-state index in [1.54, 1.807) is 0 Å². The third kappa shape index (κ3) is 8.30. The van der Waals surface area contributed by atoms with Gasteiger partial charge in [0, 0.05) is 26.1 Å². The molecule has 2 N–H and O–H groups in total.